The molecule has 0 radical (unpaired) electrons. The number of nitrogens with zero attached hydrogens (tertiary/aromatic N) is 1. The molecule has 3 nitrogen and oxygen atoms in total. The van der Waals surface area contributed by atoms with Gasteiger partial charge in [0.2, 0.25) is 0 Å². The van der Waals surface area contributed by atoms with Crippen molar-refractivity contribution in [1.29, 1.82) is 0 Å². The topological polar surface area (TPSA) is 34.1 Å². The largest absolute Gasteiger partial charge is 0.374 e. The summed E-state index contributed by atoms with van der Waals surface area (Å²) in [7, 11) is 3.71. The van der Waals surface area contributed by atoms with Crippen molar-refractivity contribution in [2.24, 2.45) is 0 Å². The maximum Gasteiger partial charge on any atom is 0.122 e. The van der Waals surface area contributed by atoms with Crippen LogP contribution in [0.15, 0.2) is 0 Å². The molecule has 0 saturated heterocycles. The second kappa shape index (κ2) is 6.20. The highest BCUT2D eigenvalue weighted by molar-refractivity contribution is 7.11. The molecule has 1 unspecified atom stereocenters. The first-order valence-electron chi connectivity index (χ1n) is 5.42. The number of ether oxygens (including phenoxy) is 1. The minimum absolute atomic E-state index is 0.158. The van der Waals surface area contributed by atoms with Crippen molar-refractivity contribution >= 4 is 11.3 Å². The Bertz CT molecular complexity index is 295. The van der Waals surface area contributed by atoms with E-state index < -0.39 is 0 Å². The molecular formula is C11H20N2OS. The van der Waals surface area contributed by atoms with Crippen LogP contribution in [-0.4, -0.2) is 19.1 Å². The van der Waals surface area contributed by atoms with Gasteiger partial charge in [-0.2, -0.15) is 0 Å². The van der Waals surface area contributed by atoms with Gasteiger partial charge >= 0.3 is 0 Å². The molecule has 0 aliphatic rings. The summed E-state index contributed by atoms with van der Waals surface area (Å²) >= 11 is 1.77. The molecule has 1 aromatic rings. The summed E-state index contributed by atoms with van der Waals surface area (Å²) in [5.41, 5.74) is 1.21. The number of rotatable bonds is 6. The lowest BCUT2D eigenvalue weighted by molar-refractivity contribution is 0.0997. The van der Waals surface area contributed by atoms with E-state index in [1.54, 1.807) is 18.4 Å². The normalized spacial score (nSPS) is 13.1. The van der Waals surface area contributed by atoms with Gasteiger partial charge in [0.05, 0.1) is 5.69 Å². The summed E-state index contributed by atoms with van der Waals surface area (Å²) in [6.07, 6.45) is 2.13. The van der Waals surface area contributed by atoms with Crippen molar-refractivity contribution in [2.75, 3.05) is 14.2 Å². The van der Waals surface area contributed by atoms with Gasteiger partial charge in [0, 0.05) is 18.5 Å². The zero-order valence-corrected chi connectivity index (χ0v) is 10.8. The van der Waals surface area contributed by atoms with Crippen LogP contribution in [0.1, 0.15) is 42.0 Å². The first-order valence-corrected chi connectivity index (χ1v) is 6.24. The SMILES string of the molecule is CCc1nc(C(CC)OC)sc1CNC. The summed E-state index contributed by atoms with van der Waals surface area (Å²) in [6.45, 7) is 5.17. The minimum Gasteiger partial charge on any atom is -0.374 e. The Balaban J connectivity index is 2.90. The van der Waals surface area contributed by atoms with Gasteiger partial charge in [-0.15, -0.1) is 11.3 Å². The Morgan fingerprint density at radius 3 is 2.67 bits per heavy atom. The Morgan fingerprint density at radius 2 is 2.20 bits per heavy atom. The molecule has 1 aromatic heterocycles. The van der Waals surface area contributed by atoms with Crippen LogP contribution in [-0.2, 0) is 17.7 Å². The predicted octanol–water partition coefficient (Wildman–Crippen LogP) is 2.52. The molecule has 0 aliphatic carbocycles. The van der Waals surface area contributed by atoms with E-state index in [1.165, 1.54) is 10.6 Å². The molecule has 0 bridgehead atoms. The Morgan fingerprint density at radius 1 is 1.47 bits per heavy atom. The third kappa shape index (κ3) is 3.00. The molecule has 15 heavy (non-hydrogen) atoms. The minimum atomic E-state index is 0.158. The van der Waals surface area contributed by atoms with Gasteiger partial charge in [0.1, 0.15) is 11.1 Å². The standard InChI is InChI=1S/C11H20N2OS/c1-5-8-10(7-12-3)15-11(13-8)9(6-2)14-4/h9,12H,5-7H2,1-4H3. The fourth-order valence-corrected chi connectivity index (χ4v) is 2.88. The lowest BCUT2D eigenvalue weighted by Gasteiger charge is -2.08. The molecule has 0 aromatic carbocycles. The lowest BCUT2D eigenvalue weighted by Crippen LogP contribution is -2.05. The molecule has 4 heteroatoms. The Hall–Kier alpha value is -0.450. The average molecular weight is 228 g/mol. The second-order valence-electron chi connectivity index (χ2n) is 3.44. The van der Waals surface area contributed by atoms with Crippen LogP contribution in [0, 0.1) is 0 Å². The molecule has 0 fully saturated rings. The number of hydrogen-bond donors (Lipinski definition) is 1. The zero-order valence-electron chi connectivity index (χ0n) is 9.96. The van der Waals surface area contributed by atoms with Crippen molar-refractivity contribution < 1.29 is 4.74 Å². The van der Waals surface area contributed by atoms with E-state index >= 15 is 0 Å². The molecule has 1 N–H and O–H groups in total. The van der Waals surface area contributed by atoms with E-state index in [4.69, 9.17) is 4.74 Å². The molecule has 0 saturated carbocycles. The van der Waals surface area contributed by atoms with E-state index in [0.717, 1.165) is 24.4 Å². The highest BCUT2D eigenvalue weighted by atomic mass is 32.1. The second-order valence-corrected chi connectivity index (χ2v) is 4.55. The molecule has 0 aliphatic heterocycles. The van der Waals surface area contributed by atoms with Gasteiger partial charge < -0.3 is 10.1 Å². The monoisotopic (exact) mass is 228 g/mol. The molecule has 86 valence electrons. The number of thiazole rings is 1. The average Bonchev–Trinajstić information content (AvgIpc) is 2.64. The van der Waals surface area contributed by atoms with E-state index in [1.807, 2.05) is 7.05 Å². The van der Waals surface area contributed by atoms with Crippen LogP contribution in [0.4, 0.5) is 0 Å². The third-order valence-electron chi connectivity index (χ3n) is 2.40. The van der Waals surface area contributed by atoms with Crippen molar-refractivity contribution in [2.45, 2.75) is 39.3 Å². The van der Waals surface area contributed by atoms with E-state index in [0.29, 0.717) is 0 Å². The summed E-state index contributed by atoms with van der Waals surface area (Å²) in [4.78, 5) is 5.98. The third-order valence-corrected chi connectivity index (χ3v) is 3.59. The molecule has 1 atom stereocenters. The number of nitrogens with one attached hydrogen (secondary N) is 1. The van der Waals surface area contributed by atoms with E-state index in [2.05, 4.69) is 24.1 Å². The van der Waals surface area contributed by atoms with Crippen LogP contribution in [0.5, 0.6) is 0 Å². The fraction of sp³-hybridized carbons (Fsp3) is 0.727. The van der Waals surface area contributed by atoms with Crippen LogP contribution in [0.3, 0.4) is 0 Å². The molecule has 0 spiro atoms. The molecule has 1 rings (SSSR count). The zero-order chi connectivity index (χ0) is 11.3. The van der Waals surface area contributed by atoms with Crippen molar-refractivity contribution in [3.8, 4) is 0 Å². The predicted molar refractivity (Wildman–Crippen MR) is 64.3 cm³/mol. The maximum absolute atomic E-state index is 5.40. The summed E-state index contributed by atoms with van der Waals surface area (Å²) in [5.74, 6) is 0. The van der Waals surface area contributed by atoms with Gasteiger partial charge in [-0.1, -0.05) is 13.8 Å². The Kier molecular flexibility index (Phi) is 5.22. The highest BCUT2D eigenvalue weighted by Crippen LogP contribution is 2.28. The molecule has 0 amide bonds. The lowest BCUT2D eigenvalue weighted by atomic mass is 10.2. The van der Waals surface area contributed by atoms with Gasteiger partial charge in [-0.05, 0) is 19.9 Å². The first-order chi connectivity index (χ1) is 7.26. The van der Waals surface area contributed by atoms with E-state index in [9.17, 15) is 0 Å². The van der Waals surface area contributed by atoms with Crippen LogP contribution in [0.2, 0.25) is 0 Å². The van der Waals surface area contributed by atoms with Gasteiger partial charge in [0.25, 0.3) is 0 Å². The van der Waals surface area contributed by atoms with Crippen LogP contribution >= 0.6 is 11.3 Å². The van der Waals surface area contributed by atoms with Crippen molar-refractivity contribution in [3.63, 3.8) is 0 Å². The number of methoxy groups -OCH3 is 1. The molecular weight excluding hydrogens is 208 g/mol. The van der Waals surface area contributed by atoms with Crippen LogP contribution < -0.4 is 5.32 Å². The van der Waals surface area contributed by atoms with Crippen molar-refractivity contribution in [3.05, 3.63) is 15.6 Å². The van der Waals surface area contributed by atoms with Crippen LogP contribution in [0.25, 0.3) is 0 Å². The molecule has 1 heterocycles. The highest BCUT2D eigenvalue weighted by Gasteiger charge is 2.16. The first kappa shape index (κ1) is 12.6. The van der Waals surface area contributed by atoms with Gasteiger partial charge in [0.15, 0.2) is 0 Å². The fourth-order valence-electron chi connectivity index (χ4n) is 1.56. The van der Waals surface area contributed by atoms with Gasteiger partial charge in [-0.3, -0.25) is 0 Å². The smallest absolute Gasteiger partial charge is 0.122 e. The number of aryl methyl sites for hydroxylation is 1. The number of aromatic nitrogens is 1. The van der Waals surface area contributed by atoms with E-state index in [-0.39, 0.29) is 6.10 Å². The number of hydrogen-bond acceptors (Lipinski definition) is 4. The van der Waals surface area contributed by atoms with Gasteiger partial charge in [-0.25, -0.2) is 4.98 Å². The quantitative estimate of drug-likeness (QED) is 0.812. The summed E-state index contributed by atoms with van der Waals surface area (Å²) in [6, 6.07) is 0. The summed E-state index contributed by atoms with van der Waals surface area (Å²) in [5, 5.41) is 4.29. The maximum atomic E-state index is 5.40. The Labute approximate surface area is 95.9 Å². The van der Waals surface area contributed by atoms with Crippen molar-refractivity contribution in [1.82, 2.24) is 10.3 Å². The summed E-state index contributed by atoms with van der Waals surface area (Å²) < 4.78 is 5.40.